The fourth-order valence-electron chi connectivity index (χ4n) is 11.0. The molecule has 4 atom stereocenters. The number of aryl methyl sites for hydroxylation is 2. The summed E-state index contributed by atoms with van der Waals surface area (Å²) in [6.07, 6.45) is 34.6. The van der Waals surface area contributed by atoms with Crippen LogP contribution in [0.5, 0.6) is 0 Å². The number of hydrogen-bond donors (Lipinski definition) is 0. The molecule has 1 fully saturated rings. The van der Waals surface area contributed by atoms with Gasteiger partial charge in [-0.05, 0) is 161 Å². The van der Waals surface area contributed by atoms with E-state index >= 15 is 0 Å². The minimum Gasteiger partial charge on any atom is -0.465 e. The quantitative estimate of drug-likeness (QED) is 0.0873. The molecule has 2 heterocycles. The summed E-state index contributed by atoms with van der Waals surface area (Å²) in [5.41, 5.74) is 12.5. The van der Waals surface area contributed by atoms with Crippen LogP contribution in [0.15, 0.2) is 136 Å². The van der Waals surface area contributed by atoms with Crippen LogP contribution in [0.1, 0.15) is 137 Å². The van der Waals surface area contributed by atoms with Crippen LogP contribution in [0.25, 0.3) is 23.1 Å². The van der Waals surface area contributed by atoms with Gasteiger partial charge in [0, 0.05) is 63.3 Å². The Morgan fingerprint density at radius 1 is 0.953 bits per heavy atom. The van der Waals surface area contributed by atoms with Crippen molar-refractivity contribution in [1.82, 2.24) is 0 Å². The average molecular weight is 849 g/mol. The van der Waals surface area contributed by atoms with Crippen molar-refractivity contribution in [3.63, 3.8) is 0 Å². The van der Waals surface area contributed by atoms with Gasteiger partial charge in [0.25, 0.3) is 0 Å². The van der Waals surface area contributed by atoms with E-state index < -0.39 is 0 Å². The molecule has 0 bridgehead atoms. The van der Waals surface area contributed by atoms with Gasteiger partial charge in [0.05, 0.1) is 0 Å². The average Bonchev–Trinajstić information content (AvgIpc) is 3.72. The zero-order chi connectivity index (χ0) is 45.1. The number of fused-ring (bicyclic) bond motifs is 4. The number of rotatable bonds is 13. The summed E-state index contributed by atoms with van der Waals surface area (Å²) < 4.78 is 12.9. The Morgan fingerprint density at radius 3 is 2.45 bits per heavy atom. The molecule has 0 aliphatic heterocycles. The molecule has 0 amide bonds. The first-order chi connectivity index (χ1) is 30.9. The molecule has 330 valence electrons. The van der Waals surface area contributed by atoms with E-state index in [1.165, 1.54) is 42.6 Å². The highest BCUT2D eigenvalue weighted by Gasteiger charge is 2.42. The van der Waals surface area contributed by atoms with Gasteiger partial charge in [0.1, 0.15) is 22.9 Å². The fraction of sp³-hybridized carbons (Fsp3) is 0.367. The number of benzene rings is 3. The fourth-order valence-corrected chi connectivity index (χ4v) is 11.0. The van der Waals surface area contributed by atoms with Crippen molar-refractivity contribution in [3.05, 3.63) is 173 Å². The van der Waals surface area contributed by atoms with E-state index in [1.807, 2.05) is 25.2 Å². The van der Waals surface area contributed by atoms with Crippen LogP contribution >= 0.6 is 0 Å². The van der Waals surface area contributed by atoms with Gasteiger partial charge >= 0.3 is 0 Å². The van der Waals surface area contributed by atoms with E-state index in [4.69, 9.17) is 15.3 Å². The standard InChI is InChI=1S/C60H68N2O2/c1-11-13-15-20-46-36-54-42(7)57(34-25-40(3)4)64-59(54)38-56(46)61(41(5)6)48-30-32-50(33-31-48)62(49-28-26-44(27-29-49)58-37-45(19-14-12-2)43(8)63-58)51-21-18-23-52-47(35-51)39-60(9,10)55-24-17-16-22-53(52)55/h1,12-17,19,22,24-26,28-34,36-38,40-41,44,47,51-52H,2,18,20-21,23,27,35,39H2,3-10H3. The summed E-state index contributed by atoms with van der Waals surface area (Å²) in [7, 11) is 0. The van der Waals surface area contributed by atoms with Crippen molar-refractivity contribution in [3.8, 4) is 12.3 Å². The minimum atomic E-state index is 0.150. The molecule has 4 heteroatoms. The maximum Gasteiger partial charge on any atom is 0.137 e. The molecule has 0 radical (unpaired) electrons. The molecule has 1 saturated carbocycles. The molecule has 3 aromatic carbocycles. The van der Waals surface area contributed by atoms with E-state index in [2.05, 4.69) is 180 Å². The summed E-state index contributed by atoms with van der Waals surface area (Å²) in [5.74, 6) is 7.41. The van der Waals surface area contributed by atoms with Crippen molar-refractivity contribution in [2.45, 2.75) is 130 Å². The highest BCUT2D eigenvalue weighted by molar-refractivity contribution is 5.90. The lowest BCUT2D eigenvalue weighted by Crippen LogP contribution is -2.39. The zero-order valence-electron chi connectivity index (χ0n) is 39.5. The Hall–Kier alpha value is -5.92. The summed E-state index contributed by atoms with van der Waals surface area (Å²) >= 11 is 0. The smallest absolute Gasteiger partial charge is 0.137 e. The van der Waals surface area contributed by atoms with Crippen LogP contribution < -0.4 is 9.80 Å². The second-order valence-corrected chi connectivity index (χ2v) is 19.7. The van der Waals surface area contributed by atoms with Gasteiger partial charge in [0.2, 0.25) is 0 Å². The van der Waals surface area contributed by atoms with Crippen molar-refractivity contribution < 1.29 is 8.83 Å². The van der Waals surface area contributed by atoms with E-state index in [0.717, 1.165) is 70.0 Å². The first-order valence-electron chi connectivity index (χ1n) is 23.8. The Labute approximate surface area is 383 Å². The number of hydrogen-bond acceptors (Lipinski definition) is 4. The van der Waals surface area contributed by atoms with Crippen LogP contribution in [0.2, 0.25) is 0 Å². The van der Waals surface area contributed by atoms with Gasteiger partial charge in [-0.15, -0.1) is 6.42 Å². The van der Waals surface area contributed by atoms with Gasteiger partial charge in [-0.1, -0.05) is 113 Å². The Kier molecular flexibility index (Phi) is 13.3. The maximum atomic E-state index is 6.56. The van der Waals surface area contributed by atoms with E-state index in [9.17, 15) is 0 Å². The first kappa shape index (κ1) is 44.7. The third kappa shape index (κ3) is 9.19. The van der Waals surface area contributed by atoms with Gasteiger partial charge in [0.15, 0.2) is 0 Å². The van der Waals surface area contributed by atoms with E-state index in [0.29, 0.717) is 23.8 Å². The summed E-state index contributed by atoms with van der Waals surface area (Å²) in [4.78, 5) is 5.15. The van der Waals surface area contributed by atoms with Gasteiger partial charge in [-0.25, -0.2) is 0 Å². The van der Waals surface area contributed by atoms with Crippen molar-refractivity contribution in [1.29, 1.82) is 0 Å². The third-order valence-electron chi connectivity index (χ3n) is 14.1. The SMILES string of the molecule is C#CC=CCc1cc2c(C)c(C=CC(C)C)oc2cc1N(c1ccc(N(C2=CCC(c3cc(C=CC=C)c(C)o3)C=C2)C2CCCC3c4ccccc4C(C)(C)CC3C2)cc1)C(C)C. The molecule has 8 rings (SSSR count). The number of allylic oxidation sites excluding steroid dienone is 8. The van der Waals surface area contributed by atoms with Crippen molar-refractivity contribution >= 4 is 40.2 Å². The first-order valence-corrected chi connectivity index (χ1v) is 23.8. The Balaban J connectivity index is 1.16. The number of nitrogens with zero attached hydrogens (tertiary/aromatic N) is 2. The lowest BCUT2D eigenvalue weighted by molar-refractivity contribution is 0.260. The molecule has 0 spiro atoms. The minimum absolute atomic E-state index is 0.150. The monoisotopic (exact) mass is 849 g/mol. The van der Waals surface area contributed by atoms with Crippen molar-refractivity contribution in [2.24, 2.45) is 11.8 Å². The van der Waals surface area contributed by atoms with Crippen LogP contribution in [-0.2, 0) is 11.8 Å². The lowest BCUT2D eigenvalue weighted by Gasteiger charge is -2.44. The van der Waals surface area contributed by atoms with Crippen molar-refractivity contribution in [2.75, 3.05) is 9.80 Å². The van der Waals surface area contributed by atoms with Crippen LogP contribution in [0.3, 0.4) is 0 Å². The molecule has 3 aliphatic carbocycles. The molecule has 4 nitrogen and oxygen atoms in total. The molecule has 0 saturated heterocycles. The van der Waals surface area contributed by atoms with Crippen LogP contribution in [-0.4, -0.2) is 12.1 Å². The van der Waals surface area contributed by atoms with E-state index in [1.54, 1.807) is 11.1 Å². The summed E-state index contributed by atoms with van der Waals surface area (Å²) in [6, 6.07) is 26.0. The van der Waals surface area contributed by atoms with Gasteiger partial charge in [-0.2, -0.15) is 0 Å². The summed E-state index contributed by atoms with van der Waals surface area (Å²) in [6.45, 7) is 21.9. The molecular formula is C60H68N2O2. The molecule has 3 aliphatic rings. The van der Waals surface area contributed by atoms with E-state index in [-0.39, 0.29) is 17.4 Å². The number of anilines is 3. The number of furan rings is 2. The predicted molar refractivity (Wildman–Crippen MR) is 273 cm³/mol. The van der Waals surface area contributed by atoms with Gasteiger partial charge < -0.3 is 18.6 Å². The highest BCUT2D eigenvalue weighted by Crippen LogP contribution is 2.52. The van der Waals surface area contributed by atoms with Gasteiger partial charge in [-0.3, -0.25) is 0 Å². The third-order valence-corrected chi connectivity index (χ3v) is 14.1. The largest absolute Gasteiger partial charge is 0.465 e. The molecular weight excluding hydrogens is 781 g/mol. The highest BCUT2D eigenvalue weighted by atomic mass is 16.3. The molecule has 4 unspecified atom stereocenters. The summed E-state index contributed by atoms with van der Waals surface area (Å²) in [5, 5.41) is 1.14. The maximum absolute atomic E-state index is 6.56. The Morgan fingerprint density at radius 2 is 1.73 bits per heavy atom. The molecule has 64 heavy (non-hydrogen) atoms. The normalized spacial score (nSPS) is 20.8. The Bertz CT molecular complexity index is 2660. The second-order valence-electron chi connectivity index (χ2n) is 19.7. The second kappa shape index (κ2) is 19.0. The lowest BCUT2D eigenvalue weighted by atomic mass is 9.62. The molecule has 0 N–H and O–H groups in total. The molecule has 2 aromatic heterocycles. The predicted octanol–water partition coefficient (Wildman–Crippen LogP) is 16.2. The van der Waals surface area contributed by atoms with Crippen LogP contribution in [0, 0.1) is 38.0 Å². The topological polar surface area (TPSA) is 32.8 Å². The number of terminal acetylenes is 1. The zero-order valence-corrected chi connectivity index (χ0v) is 39.5. The molecule has 5 aromatic rings. The van der Waals surface area contributed by atoms with Crippen LogP contribution in [0.4, 0.5) is 17.1 Å².